The molecule has 6 heteroatoms. The van der Waals surface area contributed by atoms with Gasteiger partial charge in [0.1, 0.15) is 6.04 Å². The van der Waals surface area contributed by atoms with E-state index >= 15 is 0 Å². The van der Waals surface area contributed by atoms with E-state index in [0.29, 0.717) is 12.5 Å². The topological polar surface area (TPSA) is 84.5 Å². The van der Waals surface area contributed by atoms with Crippen molar-refractivity contribution in [2.45, 2.75) is 39.7 Å². The Morgan fingerprint density at radius 2 is 1.90 bits per heavy atom. The summed E-state index contributed by atoms with van der Waals surface area (Å²) in [6, 6.07) is -0.647. The Balaban J connectivity index is 2.27. The van der Waals surface area contributed by atoms with Gasteiger partial charge in [-0.05, 0) is 18.3 Å². The van der Waals surface area contributed by atoms with Crippen LogP contribution in [0.1, 0.15) is 33.6 Å². The fourth-order valence-corrected chi connectivity index (χ4v) is 1.99. The molecule has 0 spiro atoms. The number of amides is 2. The van der Waals surface area contributed by atoms with Crippen LogP contribution >= 0.6 is 0 Å². The molecule has 3 atom stereocenters. The van der Waals surface area contributed by atoms with E-state index in [1.807, 2.05) is 20.8 Å². The van der Waals surface area contributed by atoms with Crippen LogP contribution in [-0.2, 0) is 19.1 Å². The molecule has 2 amide bonds. The third-order valence-corrected chi connectivity index (χ3v) is 3.54. The molecule has 3 unspecified atom stereocenters. The average molecular weight is 284 g/mol. The van der Waals surface area contributed by atoms with Gasteiger partial charge >= 0.3 is 5.97 Å². The molecule has 0 heterocycles. The van der Waals surface area contributed by atoms with E-state index in [9.17, 15) is 14.4 Å². The summed E-state index contributed by atoms with van der Waals surface area (Å²) >= 11 is 0. The molecule has 0 aromatic carbocycles. The number of nitrogens with one attached hydrogen (secondary N) is 2. The average Bonchev–Trinajstić information content (AvgIpc) is 3.11. The lowest BCUT2D eigenvalue weighted by molar-refractivity contribution is -0.146. The van der Waals surface area contributed by atoms with Crippen molar-refractivity contribution in [2.75, 3.05) is 13.7 Å². The van der Waals surface area contributed by atoms with Crippen LogP contribution in [0.2, 0.25) is 0 Å². The van der Waals surface area contributed by atoms with Crippen LogP contribution in [0.5, 0.6) is 0 Å². The molecule has 1 rings (SSSR count). The van der Waals surface area contributed by atoms with Crippen molar-refractivity contribution < 1.29 is 19.1 Å². The molecule has 20 heavy (non-hydrogen) atoms. The molecule has 114 valence electrons. The minimum Gasteiger partial charge on any atom is -0.467 e. The van der Waals surface area contributed by atoms with E-state index in [1.165, 1.54) is 7.11 Å². The highest BCUT2D eigenvalue weighted by atomic mass is 16.5. The molecular weight excluding hydrogens is 260 g/mol. The molecular formula is C14H24N2O4. The first-order chi connectivity index (χ1) is 9.36. The number of rotatable bonds is 7. The molecule has 0 aromatic rings. The fourth-order valence-electron chi connectivity index (χ4n) is 1.99. The van der Waals surface area contributed by atoms with Crippen molar-refractivity contribution in [3.8, 4) is 0 Å². The van der Waals surface area contributed by atoms with Crippen molar-refractivity contribution in [3.05, 3.63) is 0 Å². The zero-order valence-corrected chi connectivity index (χ0v) is 12.6. The van der Waals surface area contributed by atoms with Gasteiger partial charge < -0.3 is 15.4 Å². The Morgan fingerprint density at radius 3 is 2.35 bits per heavy atom. The summed E-state index contributed by atoms with van der Waals surface area (Å²) in [5.74, 6) is -0.195. The normalized spacial score (nSPS) is 22.1. The summed E-state index contributed by atoms with van der Waals surface area (Å²) in [6.07, 6.45) is 1.09. The highest BCUT2D eigenvalue weighted by molar-refractivity contribution is 5.85. The van der Waals surface area contributed by atoms with E-state index in [-0.39, 0.29) is 30.1 Å². The number of hydrogen-bond acceptors (Lipinski definition) is 4. The summed E-state index contributed by atoms with van der Waals surface area (Å²) in [5.41, 5.74) is 0. The van der Waals surface area contributed by atoms with Crippen LogP contribution in [-0.4, -0.2) is 37.5 Å². The lowest BCUT2D eigenvalue weighted by Crippen LogP contribution is -2.45. The minimum atomic E-state index is -0.647. The third kappa shape index (κ3) is 4.83. The van der Waals surface area contributed by atoms with Crippen LogP contribution in [0.25, 0.3) is 0 Å². The maximum atomic E-state index is 11.7. The van der Waals surface area contributed by atoms with Gasteiger partial charge in [0.15, 0.2) is 0 Å². The van der Waals surface area contributed by atoms with E-state index in [0.717, 1.165) is 6.42 Å². The number of hydrogen-bond donors (Lipinski definition) is 2. The second kappa shape index (κ2) is 7.26. The Kier molecular flexibility index (Phi) is 5.98. The number of ether oxygens (including phenoxy) is 1. The summed E-state index contributed by atoms with van der Waals surface area (Å²) in [7, 11) is 1.29. The maximum Gasteiger partial charge on any atom is 0.328 e. The lowest BCUT2D eigenvalue weighted by Gasteiger charge is -2.19. The molecule has 1 saturated carbocycles. The molecule has 1 aliphatic carbocycles. The van der Waals surface area contributed by atoms with Crippen molar-refractivity contribution in [3.63, 3.8) is 0 Å². The first-order valence-corrected chi connectivity index (χ1v) is 7.01. The molecule has 0 radical (unpaired) electrons. The van der Waals surface area contributed by atoms with Gasteiger partial charge in [0.25, 0.3) is 0 Å². The van der Waals surface area contributed by atoms with Gasteiger partial charge in [-0.2, -0.15) is 0 Å². The highest BCUT2D eigenvalue weighted by Gasteiger charge is 2.38. The van der Waals surface area contributed by atoms with Crippen LogP contribution < -0.4 is 10.6 Å². The van der Waals surface area contributed by atoms with Gasteiger partial charge in [-0.15, -0.1) is 0 Å². The predicted octanol–water partition coefficient (Wildman–Crippen LogP) is 0.462. The van der Waals surface area contributed by atoms with Gasteiger partial charge in [0.05, 0.1) is 7.11 Å². The second-order valence-corrected chi connectivity index (χ2v) is 5.67. The molecule has 0 aliphatic heterocycles. The molecule has 6 nitrogen and oxygen atoms in total. The Labute approximate surface area is 119 Å². The van der Waals surface area contributed by atoms with Crippen LogP contribution in [0.15, 0.2) is 0 Å². The fraction of sp³-hybridized carbons (Fsp3) is 0.786. The van der Waals surface area contributed by atoms with E-state index in [2.05, 4.69) is 15.4 Å². The minimum absolute atomic E-state index is 0.0127. The van der Waals surface area contributed by atoms with Gasteiger partial charge in [0, 0.05) is 18.9 Å². The largest absolute Gasteiger partial charge is 0.467 e. The molecule has 0 bridgehead atoms. The summed E-state index contributed by atoms with van der Waals surface area (Å²) in [6.45, 7) is 5.98. The number of carbonyl (C=O) groups is 3. The first kappa shape index (κ1) is 16.5. The predicted molar refractivity (Wildman–Crippen MR) is 73.7 cm³/mol. The zero-order valence-electron chi connectivity index (χ0n) is 12.6. The molecule has 0 aromatic heterocycles. The lowest BCUT2D eigenvalue weighted by atomic mass is 10.0. The zero-order chi connectivity index (χ0) is 15.3. The molecule has 1 aliphatic rings. The SMILES string of the molecule is COC(=O)C(NC(=O)CCNC(=O)C1CC1C)C(C)C. The smallest absolute Gasteiger partial charge is 0.328 e. The standard InChI is InChI=1S/C14H24N2O4/c1-8(2)12(14(19)20-4)16-11(17)5-6-15-13(18)10-7-9(10)3/h8-10,12H,5-7H2,1-4H3,(H,15,18)(H,16,17). The maximum absolute atomic E-state index is 11.7. The van der Waals surface area contributed by atoms with E-state index in [1.54, 1.807) is 0 Å². The summed E-state index contributed by atoms with van der Waals surface area (Å²) in [4.78, 5) is 34.8. The summed E-state index contributed by atoms with van der Waals surface area (Å²) < 4.78 is 4.65. The first-order valence-electron chi connectivity index (χ1n) is 7.01. The van der Waals surface area contributed by atoms with Gasteiger partial charge in [-0.1, -0.05) is 20.8 Å². The van der Waals surface area contributed by atoms with Crippen LogP contribution in [0, 0.1) is 17.8 Å². The second-order valence-electron chi connectivity index (χ2n) is 5.67. The number of methoxy groups -OCH3 is 1. The molecule has 0 saturated heterocycles. The van der Waals surface area contributed by atoms with Gasteiger partial charge in [0.2, 0.25) is 11.8 Å². The van der Waals surface area contributed by atoms with Crippen molar-refractivity contribution in [2.24, 2.45) is 17.8 Å². The van der Waals surface area contributed by atoms with Crippen LogP contribution in [0.3, 0.4) is 0 Å². The Morgan fingerprint density at radius 1 is 1.30 bits per heavy atom. The van der Waals surface area contributed by atoms with Crippen LogP contribution in [0.4, 0.5) is 0 Å². The van der Waals surface area contributed by atoms with Crippen molar-refractivity contribution in [1.29, 1.82) is 0 Å². The van der Waals surface area contributed by atoms with Crippen molar-refractivity contribution in [1.82, 2.24) is 10.6 Å². The monoisotopic (exact) mass is 284 g/mol. The quantitative estimate of drug-likeness (QED) is 0.665. The number of carbonyl (C=O) groups excluding carboxylic acids is 3. The Hall–Kier alpha value is -1.59. The number of esters is 1. The van der Waals surface area contributed by atoms with E-state index < -0.39 is 12.0 Å². The molecule has 2 N–H and O–H groups in total. The van der Waals surface area contributed by atoms with Gasteiger partial charge in [-0.25, -0.2) is 4.79 Å². The third-order valence-electron chi connectivity index (χ3n) is 3.54. The Bertz CT molecular complexity index is 381. The highest BCUT2D eigenvalue weighted by Crippen LogP contribution is 2.37. The molecule has 1 fully saturated rings. The van der Waals surface area contributed by atoms with E-state index in [4.69, 9.17) is 0 Å². The van der Waals surface area contributed by atoms with Crippen molar-refractivity contribution >= 4 is 17.8 Å². The summed E-state index contributed by atoms with van der Waals surface area (Å²) in [5, 5.41) is 5.37. The van der Waals surface area contributed by atoms with Gasteiger partial charge in [-0.3, -0.25) is 9.59 Å².